The molecule has 0 spiro atoms. The molecule has 3 aromatic heterocycles. The predicted molar refractivity (Wildman–Crippen MR) is 160 cm³/mol. The number of hydrogen-bond acceptors (Lipinski definition) is 7. The normalized spacial score (nSPS) is 25.1. The van der Waals surface area contributed by atoms with Crippen molar-refractivity contribution in [3.05, 3.63) is 82.5 Å². The Bertz CT molecular complexity index is 1540. The Morgan fingerprint density at radius 3 is 2.62 bits per heavy atom. The third kappa shape index (κ3) is 4.54. The molecule has 1 unspecified atom stereocenters. The molecule has 1 saturated heterocycles. The number of anilines is 2. The van der Waals surface area contributed by atoms with Gasteiger partial charge in [0.25, 0.3) is 0 Å². The molecule has 4 heterocycles. The highest BCUT2D eigenvalue weighted by molar-refractivity contribution is 6.31. The standard InChI is InChI=1S/C31H34ClN7O/c32-26-17-21(33)1-6-25(26)31(20-8-11-34-12-9-20)10-7-27-24(18-31)28-29(35-19-36-30(28)38-27)37-22-2-4-23(5-3-22)39-13-15-40-16-14-39/h1,6-12,17,19,22-23H,2-5,13-16,18,33H2,(H2,35,36,37,38)/t22-,23-,31?. The van der Waals surface area contributed by atoms with E-state index in [9.17, 15) is 0 Å². The van der Waals surface area contributed by atoms with Crippen molar-refractivity contribution < 1.29 is 4.74 Å². The fraction of sp³-hybridized carbons (Fsp3) is 0.387. The number of aromatic nitrogens is 4. The van der Waals surface area contributed by atoms with Crippen LogP contribution in [-0.4, -0.2) is 63.2 Å². The van der Waals surface area contributed by atoms with E-state index in [1.165, 1.54) is 18.4 Å². The minimum absolute atomic E-state index is 0.386. The van der Waals surface area contributed by atoms with Gasteiger partial charge in [-0.25, -0.2) is 9.97 Å². The molecule has 2 fully saturated rings. The smallest absolute Gasteiger partial charge is 0.143 e. The van der Waals surface area contributed by atoms with Crippen molar-refractivity contribution in [2.45, 2.75) is 49.6 Å². The number of fused-ring (bicyclic) bond motifs is 3. The molecule has 1 saturated carbocycles. The van der Waals surface area contributed by atoms with Gasteiger partial charge in [0.2, 0.25) is 0 Å². The first-order chi connectivity index (χ1) is 19.6. The predicted octanol–water partition coefficient (Wildman–Crippen LogP) is 5.20. The number of halogens is 1. The number of rotatable bonds is 5. The van der Waals surface area contributed by atoms with Crippen molar-refractivity contribution in [2.75, 3.05) is 37.4 Å². The van der Waals surface area contributed by atoms with Crippen LogP contribution in [0.25, 0.3) is 17.1 Å². The van der Waals surface area contributed by atoms with Gasteiger partial charge in [0.05, 0.1) is 18.6 Å². The minimum Gasteiger partial charge on any atom is -0.399 e. The van der Waals surface area contributed by atoms with Crippen LogP contribution in [0.1, 0.15) is 48.1 Å². The third-order valence-corrected chi connectivity index (χ3v) is 9.30. The quantitative estimate of drug-likeness (QED) is 0.291. The lowest BCUT2D eigenvalue weighted by Gasteiger charge is -2.39. The van der Waals surface area contributed by atoms with Crippen LogP contribution in [0.2, 0.25) is 5.02 Å². The first kappa shape index (κ1) is 25.5. The molecule has 206 valence electrons. The number of nitrogens with one attached hydrogen (secondary N) is 2. The summed E-state index contributed by atoms with van der Waals surface area (Å²) in [5, 5.41) is 5.53. The minimum atomic E-state index is -0.487. The van der Waals surface area contributed by atoms with Crippen molar-refractivity contribution in [1.29, 1.82) is 0 Å². The number of nitrogen functional groups attached to an aromatic ring is 1. The molecule has 8 nitrogen and oxygen atoms in total. The molecule has 7 rings (SSSR count). The Kier molecular flexibility index (Phi) is 6.70. The second-order valence-corrected chi connectivity index (χ2v) is 11.6. The molecule has 4 N–H and O–H groups in total. The third-order valence-electron chi connectivity index (χ3n) is 8.99. The summed E-state index contributed by atoms with van der Waals surface area (Å²) in [5.41, 5.74) is 11.5. The number of allylic oxidation sites excluding steroid dienone is 1. The van der Waals surface area contributed by atoms with Crippen molar-refractivity contribution >= 4 is 40.2 Å². The van der Waals surface area contributed by atoms with E-state index in [4.69, 9.17) is 27.1 Å². The second kappa shape index (κ2) is 10.5. The van der Waals surface area contributed by atoms with Crippen LogP contribution in [0.15, 0.2) is 55.1 Å². The number of ether oxygens (including phenoxy) is 1. The highest BCUT2D eigenvalue weighted by atomic mass is 35.5. The summed E-state index contributed by atoms with van der Waals surface area (Å²) in [4.78, 5) is 19.8. The molecular weight excluding hydrogens is 522 g/mol. The maximum Gasteiger partial charge on any atom is 0.143 e. The molecule has 0 radical (unpaired) electrons. The Morgan fingerprint density at radius 2 is 1.85 bits per heavy atom. The van der Waals surface area contributed by atoms with E-state index in [1.54, 1.807) is 6.33 Å². The number of nitrogens with two attached hydrogens (primary N) is 1. The molecule has 1 atom stereocenters. The number of morpholine rings is 1. The summed E-state index contributed by atoms with van der Waals surface area (Å²) in [7, 11) is 0. The zero-order valence-corrected chi connectivity index (χ0v) is 23.2. The highest BCUT2D eigenvalue weighted by Gasteiger charge is 2.38. The van der Waals surface area contributed by atoms with Gasteiger partial charge in [0, 0.05) is 59.4 Å². The summed E-state index contributed by atoms with van der Waals surface area (Å²) in [6.07, 6.45) is 15.1. The lowest BCUT2D eigenvalue weighted by molar-refractivity contribution is 0.00791. The van der Waals surface area contributed by atoms with E-state index in [0.717, 1.165) is 72.8 Å². The Hall–Kier alpha value is -3.46. The number of aromatic amines is 1. The van der Waals surface area contributed by atoms with E-state index >= 15 is 0 Å². The first-order valence-corrected chi connectivity index (χ1v) is 14.6. The van der Waals surface area contributed by atoms with Crippen LogP contribution < -0.4 is 11.1 Å². The fourth-order valence-corrected chi connectivity index (χ4v) is 7.26. The number of benzene rings is 1. The molecule has 9 heteroatoms. The van der Waals surface area contributed by atoms with Crippen LogP contribution in [0.5, 0.6) is 0 Å². The Labute approximate surface area is 239 Å². The van der Waals surface area contributed by atoms with Gasteiger partial charge < -0.3 is 20.8 Å². The molecule has 1 aliphatic heterocycles. The van der Waals surface area contributed by atoms with Gasteiger partial charge >= 0.3 is 0 Å². The average molecular weight is 556 g/mol. The first-order valence-electron chi connectivity index (χ1n) is 14.2. The molecule has 2 aliphatic carbocycles. The molecule has 3 aliphatic rings. The SMILES string of the molecule is Nc1ccc(C2(c3ccncc3)C=Cc3[nH]c4ncnc(N[C@H]5CC[C@H](N6CCOCC6)CC5)c4c3C2)c(Cl)c1. The van der Waals surface area contributed by atoms with Gasteiger partial charge in [0.15, 0.2) is 0 Å². The Balaban J connectivity index is 1.22. The zero-order chi connectivity index (χ0) is 27.1. The van der Waals surface area contributed by atoms with Crippen LogP contribution >= 0.6 is 11.6 Å². The van der Waals surface area contributed by atoms with Crippen molar-refractivity contribution in [1.82, 2.24) is 24.8 Å². The van der Waals surface area contributed by atoms with Gasteiger partial charge in [-0.1, -0.05) is 23.7 Å². The maximum atomic E-state index is 6.86. The number of hydrogen-bond donors (Lipinski definition) is 3. The number of pyridine rings is 1. The summed E-state index contributed by atoms with van der Waals surface area (Å²) < 4.78 is 5.56. The maximum absolute atomic E-state index is 6.86. The van der Waals surface area contributed by atoms with Crippen molar-refractivity contribution in [3.8, 4) is 0 Å². The average Bonchev–Trinajstić information content (AvgIpc) is 3.37. The van der Waals surface area contributed by atoms with Gasteiger partial charge in [0.1, 0.15) is 17.8 Å². The van der Waals surface area contributed by atoms with Crippen LogP contribution in [0, 0.1) is 0 Å². The molecule has 0 bridgehead atoms. The summed E-state index contributed by atoms with van der Waals surface area (Å²) in [6.45, 7) is 3.81. The highest BCUT2D eigenvalue weighted by Crippen LogP contribution is 2.46. The summed E-state index contributed by atoms with van der Waals surface area (Å²) >= 11 is 6.86. The van der Waals surface area contributed by atoms with Gasteiger partial charge in [-0.2, -0.15) is 0 Å². The largest absolute Gasteiger partial charge is 0.399 e. The lowest BCUT2D eigenvalue weighted by Crippen LogP contribution is -2.46. The van der Waals surface area contributed by atoms with Crippen LogP contribution in [0.3, 0.4) is 0 Å². The van der Waals surface area contributed by atoms with E-state index in [-0.39, 0.29) is 0 Å². The number of nitrogens with zero attached hydrogens (tertiary/aromatic N) is 4. The molecule has 40 heavy (non-hydrogen) atoms. The second-order valence-electron chi connectivity index (χ2n) is 11.2. The number of H-pyrrole nitrogens is 1. The van der Waals surface area contributed by atoms with E-state index < -0.39 is 5.41 Å². The van der Waals surface area contributed by atoms with Crippen molar-refractivity contribution in [2.24, 2.45) is 0 Å². The van der Waals surface area contributed by atoms with E-state index in [2.05, 4.69) is 49.5 Å². The van der Waals surface area contributed by atoms with E-state index in [1.807, 2.05) is 30.6 Å². The molecule has 0 amide bonds. The van der Waals surface area contributed by atoms with Gasteiger partial charge in [-0.3, -0.25) is 9.88 Å². The summed E-state index contributed by atoms with van der Waals surface area (Å²) in [5.74, 6) is 0.902. The van der Waals surface area contributed by atoms with E-state index in [0.29, 0.717) is 29.2 Å². The van der Waals surface area contributed by atoms with Gasteiger partial charge in [-0.15, -0.1) is 0 Å². The zero-order valence-electron chi connectivity index (χ0n) is 22.4. The van der Waals surface area contributed by atoms with Crippen LogP contribution in [-0.2, 0) is 16.6 Å². The van der Waals surface area contributed by atoms with Crippen LogP contribution in [0.4, 0.5) is 11.5 Å². The topological polar surface area (TPSA) is 105 Å². The molecule has 1 aromatic carbocycles. The summed E-state index contributed by atoms with van der Waals surface area (Å²) in [6, 6.07) is 11.0. The van der Waals surface area contributed by atoms with Gasteiger partial charge in [-0.05, 0) is 79.1 Å². The lowest BCUT2D eigenvalue weighted by atomic mass is 9.68. The molecular formula is C31H34ClN7O. The monoisotopic (exact) mass is 555 g/mol. The molecule has 4 aromatic rings. The Morgan fingerprint density at radius 1 is 1.05 bits per heavy atom. The fourth-order valence-electron chi connectivity index (χ4n) is 6.91. The van der Waals surface area contributed by atoms with Crippen molar-refractivity contribution in [3.63, 3.8) is 0 Å².